The molecule has 1 saturated heterocycles. The number of piperidine rings is 1. The summed E-state index contributed by atoms with van der Waals surface area (Å²) in [6.07, 6.45) is 1.47. The number of ether oxygens (including phenoxy) is 1. The summed E-state index contributed by atoms with van der Waals surface area (Å²) in [4.78, 5) is 26.1. The van der Waals surface area contributed by atoms with Gasteiger partial charge in [-0.2, -0.15) is 0 Å². The number of carbonyl (C=O) groups is 2. The van der Waals surface area contributed by atoms with Gasteiger partial charge in [0.15, 0.2) is 0 Å². The molecule has 2 rings (SSSR count). The molecule has 1 atom stereocenters. The highest BCUT2D eigenvalue weighted by Gasteiger charge is 2.28. The monoisotopic (exact) mass is 436 g/mol. The van der Waals surface area contributed by atoms with Gasteiger partial charge >= 0.3 is 5.97 Å². The second kappa shape index (κ2) is 10.3. The van der Waals surface area contributed by atoms with Crippen molar-refractivity contribution in [2.24, 2.45) is 5.92 Å². The molecule has 0 radical (unpaired) electrons. The van der Waals surface area contributed by atoms with Gasteiger partial charge in [0.25, 0.3) is 5.91 Å². The second-order valence-electron chi connectivity index (χ2n) is 9.54. The number of hydrogen-bond acceptors (Lipinski definition) is 6. The van der Waals surface area contributed by atoms with Crippen LogP contribution in [0.4, 0.5) is 0 Å². The number of benzene rings is 1. The average molecular weight is 437 g/mol. The van der Waals surface area contributed by atoms with Gasteiger partial charge in [-0.05, 0) is 63.6 Å². The van der Waals surface area contributed by atoms with Crippen LogP contribution in [0.2, 0.25) is 0 Å². The van der Waals surface area contributed by atoms with Gasteiger partial charge in [-0.25, -0.2) is 0 Å². The normalized spacial score (nSPS) is 16.5. The molecule has 31 heavy (non-hydrogen) atoms. The van der Waals surface area contributed by atoms with Gasteiger partial charge in [0.2, 0.25) is 0 Å². The van der Waals surface area contributed by atoms with Crippen molar-refractivity contribution in [3.05, 3.63) is 23.3 Å². The molecule has 1 heterocycles. The number of amides is 1. The number of phenols is 2. The Hall–Kier alpha value is -2.32. The maximum absolute atomic E-state index is 12.9. The van der Waals surface area contributed by atoms with Gasteiger partial charge in [0.05, 0.1) is 17.8 Å². The van der Waals surface area contributed by atoms with Crippen molar-refractivity contribution in [3.63, 3.8) is 0 Å². The third-order valence-corrected chi connectivity index (χ3v) is 5.53. The van der Waals surface area contributed by atoms with Crippen molar-refractivity contribution in [3.8, 4) is 11.5 Å². The Morgan fingerprint density at radius 2 is 1.77 bits per heavy atom. The zero-order chi connectivity index (χ0) is 23.3. The first-order chi connectivity index (χ1) is 14.4. The molecule has 1 aromatic rings. The quantitative estimate of drug-likeness (QED) is 0.495. The maximum atomic E-state index is 12.9. The fraction of sp³-hybridized carbons (Fsp3) is 0.652. The summed E-state index contributed by atoms with van der Waals surface area (Å²) in [5.74, 6) is -1.17. The highest BCUT2D eigenvalue weighted by Crippen LogP contribution is 2.33. The number of carboxylic acids is 1. The van der Waals surface area contributed by atoms with Gasteiger partial charge < -0.3 is 30.3 Å². The number of carboxylic acid groups (broad SMARTS) is 1. The molecular formula is C23H36N2O6. The molecule has 0 spiro atoms. The van der Waals surface area contributed by atoms with Crippen molar-refractivity contribution in [1.29, 1.82) is 0 Å². The number of nitrogens with zero attached hydrogens (tertiary/aromatic N) is 1. The average Bonchev–Trinajstić information content (AvgIpc) is 2.66. The molecule has 1 aromatic carbocycles. The molecule has 1 aliphatic rings. The van der Waals surface area contributed by atoms with Crippen molar-refractivity contribution in [2.75, 3.05) is 26.2 Å². The summed E-state index contributed by atoms with van der Waals surface area (Å²) >= 11 is 0. The van der Waals surface area contributed by atoms with E-state index in [0.717, 1.165) is 12.8 Å². The zero-order valence-electron chi connectivity index (χ0n) is 19.1. The zero-order valence-corrected chi connectivity index (χ0v) is 19.1. The van der Waals surface area contributed by atoms with E-state index in [2.05, 4.69) is 5.32 Å². The SMILES string of the molecule is CC(C)c1cc(C(=O)N2CCC(CNC(COC(C)(C)C)C(=O)O)CC2)c(O)cc1O. The topological polar surface area (TPSA) is 119 Å². The van der Waals surface area contributed by atoms with Crippen molar-refractivity contribution in [2.45, 2.75) is 65.0 Å². The fourth-order valence-corrected chi connectivity index (χ4v) is 3.60. The van der Waals surface area contributed by atoms with Crippen molar-refractivity contribution < 1.29 is 29.6 Å². The first-order valence-corrected chi connectivity index (χ1v) is 10.8. The Kier molecular flexibility index (Phi) is 8.31. The van der Waals surface area contributed by atoms with Crippen LogP contribution in [0.25, 0.3) is 0 Å². The van der Waals surface area contributed by atoms with E-state index in [1.54, 1.807) is 11.0 Å². The molecule has 4 N–H and O–H groups in total. The number of rotatable bonds is 8. The van der Waals surface area contributed by atoms with Crippen LogP contribution in [0, 0.1) is 5.92 Å². The highest BCUT2D eigenvalue weighted by molar-refractivity contribution is 5.97. The predicted molar refractivity (Wildman–Crippen MR) is 118 cm³/mol. The lowest BCUT2D eigenvalue weighted by molar-refractivity contribution is -0.142. The first-order valence-electron chi connectivity index (χ1n) is 10.8. The van der Waals surface area contributed by atoms with Crippen LogP contribution in [0.3, 0.4) is 0 Å². The van der Waals surface area contributed by atoms with E-state index >= 15 is 0 Å². The minimum atomic E-state index is -0.944. The largest absolute Gasteiger partial charge is 0.508 e. The molecule has 0 aromatic heterocycles. The smallest absolute Gasteiger partial charge is 0.323 e. The van der Waals surface area contributed by atoms with Gasteiger partial charge in [-0.15, -0.1) is 0 Å². The number of aromatic hydroxyl groups is 2. The molecule has 174 valence electrons. The summed E-state index contributed by atoms with van der Waals surface area (Å²) < 4.78 is 5.60. The van der Waals surface area contributed by atoms with E-state index in [0.29, 0.717) is 25.2 Å². The third-order valence-electron chi connectivity index (χ3n) is 5.53. The highest BCUT2D eigenvalue weighted by atomic mass is 16.5. The Bertz CT molecular complexity index is 779. The molecule has 1 unspecified atom stereocenters. The van der Waals surface area contributed by atoms with Crippen LogP contribution in [-0.4, -0.2) is 70.0 Å². The fourth-order valence-electron chi connectivity index (χ4n) is 3.60. The molecule has 0 aliphatic carbocycles. The molecule has 0 saturated carbocycles. The Morgan fingerprint density at radius 3 is 2.29 bits per heavy atom. The molecular weight excluding hydrogens is 400 g/mol. The van der Waals surface area contributed by atoms with Gasteiger partial charge in [0, 0.05) is 19.2 Å². The summed E-state index contributed by atoms with van der Waals surface area (Å²) in [7, 11) is 0. The summed E-state index contributed by atoms with van der Waals surface area (Å²) in [5.41, 5.74) is 0.414. The van der Waals surface area contributed by atoms with E-state index in [4.69, 9.17) is 4.74 Å². The predicted octanol–water partition coefficient (Wildman–Crippen LogP) is 2.93. The number of nitrogens with one attached hydrogen (secondary N) is 1. The molecule has 1 amide bonds. The minimum absolute atomic E-state index is 0.0164. The Balaban J connectivity index is 1.91. The van der Waals surface area contributed by atoms with Gasteiger partial charge in [-0.1, -0.05) is 13.8 Å². The molecule has 8 heteroatoms. The lowest BCUT2D eigenvalue weighted by atomic mass is 9.94. The molecule has 8 nitrogen and oxygen atoms in total. The number of hydrogen-bond donors (Lipinski definition) is 4. The molecule has 1 aliphatic heterocycles. The van der Waals surface area contributed by atoms with Crippen molar-refractivity contribution in [1.82, 2.24) is 10.2 Å². The summed E-state index contributed by atoms with van der Waals surface area (Å²) in [6.45, 7) is 11.2. The van der Waals surface area contributed by atoms with Gasteiger partial charge in [-0.3, -0.25) is 9.59 Å². The standard InChI is InChI=1S/C23H36N2O6/c1-14(2)16-10-17(20(27)11-19(16)26)21(28)25-8-6-15(7-9-25)12-24-18(22(29)30)13-31-23(3,4)5/h10-11,14-15,18,24,26-27H,6-9,12-13H2,1-5H3,(H,29,30). The minimum Gasteiger partial charge on any atom is -0.508 e. The summed E-state index contributed by atoms with van der Waals surface area (Å²) in [6, 6.07) is 2.02. The lowest BCUT2D eigenvalue weighted by Crippen LogP contribution is -2.46. The number of carbonyl (C=O) groups excluding carboxylic acids is 1. The second-order valence-corrected chi connectivity index (χ2v) is 9.54. The van der Waals surface area contributed by atoms with E-state index in [1.165, 1.54) is 6.07 Å². The van der Waals surface area contributed by atoms with E-state index in [1.807, 2.05) is 34.6 Å². The first kappa shape index (κ1) is 24.9. The van der Waals surface area contributed by atoms with E-state index in [-0.39, 0.29) is 41.4 Å². The molecule has 1 fully saturated rings. The van der Waals surface area contributed by atoms with Crippen LogP contribution in [0.5, 0.6) is 11.5 Å². The maximum Gasteiger partial charge on any atom is 0.323 e. The Morgan fingerprint density at radius 1 is 1.16 bits per heavy atom. The number of likely N-dealkylation sites (tertiary alicyclic amines) is 1. The summed E-state index contributed by atoms with van der Waals surface area (Å²) in [5, 5.41) is 32.7. The van der Waals surface area contributed by atoms with Crippen LogP contribution in [0.1, 0.15) is 69.3 Å². The van der Waals surface area contributed by atoms with Crippen LogP contribution in [-0.2, 0) is 9.53 Å². The Labute approximate surface area is 184 Å². The van der Waals surface area contributed by atoms with Crippen molar-refractivity contribution >= 4 is 11.9 Å². The van der Waals surface area contributed by atoms with Crippen LogP contribution in [0.15, 0.2) is 12.1 Å². The number of phenolic OH excluding ortho intramolecular Hbond substituents is 2. The lowest BCUT2D eigenvalue weighted by Gasteiger charge is -2.33. The van der Waals surface area contributed by atoms with Gasteiger partial charge in [0.1, 0.15) is 17.5 Å². The molecule has 0 bridgehead atoms. The van der Waals surface area contributed by atoms with E-state index < -0.39 is 17.6 Å². The van der Waals surface area contributed by atoms with Crippen LogP contribution >= 0.6 is 0 Å². The third kappa shape index (κ3) is 7.11. The number of aliphatic carboxylic acids is 1. The van der Waals surface area contributed by atoms with Crippen LogP contribution < -0.4 is 5.32 Å². The van der Waals surface area contributed by atoms with E-state index in [9.17, 15) is 24.9 Å².